The highest BCUT2D eigenvalue weighted by molar-refractivity contribution is 9.10. The molecule has 0 saturated heterocycles. The Balaban J connectivity index is 2.10. The van der Waals surface area contributed by atoms with E-state index in [0.717, 1.165) is 28.1 Å². The Morgan fingerprint density at radius 1 is 1.39 bits per heavy atom. The molecule has 0 amide bonds. The molecule has 18 heavy (non-hydrogen) atoms. The highest BCUT2D eigenvalue weighted by atomic mass is 79.9. The molecule has 0 radical (unpaired) electrons. The van der Waals surface area contributed by atoms with Crippen LogP contribution in [-0.4, -0.2) is 11.5 Å². The maximum Gasteiger partial charge on any atom is 0.183 e. The summed E-state index contributed by atoms with van der Waals surface area (Å²) < 4.78 is 2.54. The maximum atomic E-state index is 4.72. The predicted molar refractivity (Wildman–Crippen MR) is 82.7 cm³/mol. The number of aryl methyl sites for hydroxylation is 2. The van der Waals surface area contributed by atoms with E-state index in [2.05, 4.69) is 34.2 Å². The van der Waals surface area contributed by atoms with Crippen LogP contribution in [0.3, 0.4) is 0 Å². The van der Waals surface area contributed by atoms with Crippen molar-refractivity contribution >= 4 is 42.6 Å². The minimum atomic E-state index is 1.000. The topological polar surface area (TPSA) is 24.9 Å². The molecule has 1 heterocycles. The van der Waals surface area contributed by atoms with E-state index in [-0.39, 0.29) is 0 Å². The summed E-state index contributed by atoms with van der Waals surface area (Å²) in [6.45, 7) is 3.18. The van der Waals surface area contributed by atoms with Gasteiger partial charge in [-0.05, 0) is 65.2 Å². The molecule has 1 aliphatic rings. The third-order valence-corrected chi connectivity index (χ3v) is 5.14. The smallest absolute Gasteiger partial charge is 0.183 e. The first-order chi connectivity index (χ1) is 8.79. The molecule has 1 N–H and O–H groups in total. The van der Waals surface area contributed by atoms with Gasteiger partial charge in [0.2, 0.25) is 0 Å². The van der Waals surface area contributed by atoms with Crippen molar-refractivity contribution in [2.24, 2.45) is 0 Å². The Bertz CT molecular complexity index is 577. The summed E-state index contributed by atoms with van der Waals surface area (Å²) in [5.74, 6) is 0. The molecule has 0 spiro atoms. The van der Waals surface area contributed by atoms with Gasteiger partial charge in [0.05, 0.1) is 10.2 Å². The van der Waals surface area contributed by atoms with E-state index in [1.165, 1.54) is 35.9 Å². The number of hydrogen-bond acceptors (Lipinski definition) is 3. The minimum Gasteiger partial charge on any atom is -0.361 e. The van der Waals surface area contributed by atoms with E-state index in [1.807, 2.05) is 11.3 Å². The van der Waals surface area contributed by atoms with Gasteiger partial charge in [-0.3, -0.25) is 0 Å². The quantitative estimate of drug-likeness (QED) is 0.880. The molecule has 4 heteroatoms. The molecule has 1 aromatic carbocycles. The van der Waals surface area contributed by atoms with E-state index >= 15 is 0 Å². The number of fused-ring (bicyclic) bond motifs is 3. The Hall–Kier alpha value is -0.610. The first-order valence-corrected chi connectivity index (χ1v) is 8.25. The van der Waals surface area contributed by atoms with Gasteiger partial charge >= 0.3 is 0 Å². The van der Waals surface area contributed by atoms with Crippen LogP contribution >= 0.6 is 27.3 Å². The molecule has 0 unspecified atom stereocenters. The van der Waals surface area contributed by atoms with Crippen LogP contribution in [0.25, 0.3) is 10.2 Å². The van der Waals surface area contributed by atoms with Crippen molar-refractivity contribution in [1.82, 2.24) is 4.98 Å². The lowest BCUT2D eigenvalue weighted by Crippen LogP contribution is -2.02. The molecule has 2 nitrogen and oxygen atoms in total. The van der Waals surface area contributed by atoms with Crippen molar-refractivity contribution in [3.05, 3.63) is 21.7 Å². The summed E-state index contributed by atoms with van der Waals surface area (Å²) in [7, 11) is 0. The second kappa shape index (κ2) is 5.17. The van der Waals surface area contributed by atoms with Crippen LogP contribution in [0.2, 0.25) is 0 Å². The fourth-order valence-corrected chi connectivity index (χ4v) is 4.37. The van der Waals surface area contributed by atoms with Gasteiger partial charge in [0, 0.05) is 11.0 Å². The zero-order valence-corrected chi connectivity index (χ0v) is 13.0. The molecule has 0 saturated carbocycles. The van der Waals surface area contributed by atoms with Crippen LogP contribution in [0.5, 0.6) is 0 Å². The predicted octanol–water partition coefficient (Wildman–Crippen LogP) is 4.76. The number of halogens is 1. The first-order valence-electron chi connectivity index (χ1n) is 6.64. The monoisotopic (exact) mass is 324 g/mol. The average molecular weight is 325 g/mol. The van der Waals surface area contributed by atoms with Crippen molar-refractivity contribution in [3.8, 4) is 0 Å². The number of anilines is 1. The van der Waals surface area contributed by atoms with E-state index in [1.54, 1.807) is 5.56 Å². The Labute approximate surface area is 120 Å². The number of thiazole rings is 1. The second-order valence-corrected chi connectivity index (χ2v) is 6.68. The summed E-state index contributed by atoms with van der Waals surface area (Å²) in [4.78, 5) is 4.72. The van der Waals surface area contributed by atoms with E-state index in [0.29, 0.717) is 0 Å². The van der Waals surface area contributed by atoms with E-state index < -0.39 is 0 Å². The van der Waals surface area contributed by atoms with Gasteiger partial charge in [-0.1, -0.05) is 18.3 Å². The van der Waals surface area contributed by atoms with Gasteiger partial charge in [-0.2, -0.15) is 0 Å². The number of aromatic nitrogens is 1. The molecule has 2 aromatic rings. The third kappa shape index (κ3) is 2.16. The third-order valence-electron chi connectivity index (χ3n) is 3.47. The molecular weight excluding hydrogens is 308 g/mol. The van der Waals surface area contributed by atoms with E-state index in [9.17, 15) is 0 Å². The van der Waals surface area contributed by atoms with Gasteiger partial charge in [0.25, 0.3) is 0 Å². The van der Waals surface area contributed by atoms with Crippen LogP contribution < -0.4 is 5.32 Å². The number of nitrogens with zero attached hydrogens (tertiary/aromatic N) is 1. The maximum absolute atomic E-state index is 4.72. The van der Waals surface area contributed by atoms with Crippen molar-refractivity contribution in [2.75, 3.05) is 11.9 Å². The van der Waals surface area contributed by atoms with Crippen molar-refractivity contribution in [2.45, 2.75) is 39.0 Å². The second-order valence-electron chi connectivity index (χ2n) is 4.83. The molecule has 0 atom stereocenters. The van der Waals surface area contributed by atoms with Crippen molar-refractivity contribution in [3.63, 3.8) is 0 Å². The lowest BCUT2D eigenvalue weighted by molar-refractivity contribution is 0.690. The number of benzene rings is 1. The summed E-state index contributed by atoms with van der Waals surface area (Å²) in [6.07, 6.45) is 6.22. The molecule has 1 aromatic heterocycles. The molecule has 3 rings (SSSR count). The highest BCUT2D eigenvalue weighted by Gasteiger charge is 2.18. The van der Waals surface area contributed by atoms with Crippen LogP contribution in [-0.2, 0) is 12.8 Å². The highest BCUT2D eigenvalue weighted by Crippen LogP contribution is 2.38. The summed E-state index contributed by atoms with van der Waals surface area (Å²) in [5, 5.41) is 4.47. The summed E-state index contributed by atoms with van der Waals surface area (Å²) in [5.41, 5.74) is 4.20. The molecule has 1 aliphatic carbocycles. The van der Waals surface area contributed by atoms with Gasteiger partial charge in [0.15, 0.2) is 5.13 Å². The number of rotatable bonds is 3. The molecule has 0 bridgehead atoms. The minimum absolute atomic E-state index is 1.000. The zero-order chi connectivity index (χ0) is 12.5. The molecule has 0 fully saturated rings. The van der Waals surface area contributed by atoms with Gasteiger partial charge in [0.1, 0.15) is 0 Å². The lowest BCUT2D eigenvalue weighted by Gasteiger charge is -2.16. The molecule has 0 aliphatic heterocycles. The number of nitrogens with one attached hydrogen (secondary N) is 1. The number of hydrogen-bond donors (Lipinski definition) is 1. The van der Waals surface area contributed by atoms with Crippen LogP contribution in [0, 0.1) is 0 Å². The van der Waals surface area contributed by atoms with Gasteiger partial charge in [-0.25, -0.2) is 4.98 Å². The van der Waals surface area contributed by atoms with Gasteiger partial charge in [-0.15, -0.1) is 0 Å². The molecular formula is C14H17BrN2S. The Morgan fingerprint density at radius 3 is 3.06 bits per heavy atom. The fourth-order valence-electron chi connectivity index (χ4n) is 2.56. The van der Waals surface area contributed by atoms with Crippen LogP contribution in [0.4, 0.5) is 5.13 Å². The Morgan fingerprint density at radius 2 is 2.22 bits per heavy atom. The zero-order valence-electron chi connectivity index (χ0n) is 10.6. The summed E-state index contributed by atoms with van der Waals surface area (Å²) >= 11 is 5.49. The normalized spacial score (nSPS) is 14.8. The molecule has 96 valence electrons. The lowest BCUT2D eigenvalue weighted by atomic mass is 9.91. The van der Waals surface area contributed by atoms with Crippen LogP contribution in [0.15, 0.2) is 10.5 Å². The van der Waals surface area contributed by atoms with Crippen molar-refractivity contribution < 1.29 is 0 Å². The fraction of sp³-hybridized carbons (Fsp3) is 0.500. The average Bonchev–Trinajstić information content (AvgIpc) is 2.81. The van der Waals surface area contributed by atoms with Gasteiger partial charge < -0.3 is 5.32 Å². The Kier molecular flexibility index (Phi) is 3.57. The first kappa shape index (κ1) is 12.4. The SMILES string of the molecule is CCCNc1nc2c(Br)cc3c(c2s1)CCCC3. The standard InChI is InChI=1S/C14H17BrN2S/c1-2-7-16-14-17-12-11(15)8-9-5-3-4-6-10(9)13(12)18-14/h8H,2-7H2,1H3,(H,16,17). The van der Waals surface area contributed by atoms with Crippen LogP contribution in [0.1, 0.15) is 37.3 Å². The van der Waals surface area contributed by atoms with E-state index in [4.69, 9.17) is 4.98 Å². The van der Waals surface area contributed by atoms with Crippen molar-refractivity contribution in [1.29, 1.82) is 0 Å². The summed E-state index contributed by atoms with van der Waals surface area (Å²) in [6, 6.07) is 2.28. The largest absolute Gasteiger partial charge is 0.361 e.